The summed E-state index contributed by atoms with van der Waals surface area (Å²) in [4.78, 5) is 4.60. The van der Waals surface area contributed by atoms with Crippen molar-refractivity contribution in [3.05, 3.63) is 33.7 Å². The normalized spacial score (nSPS) is 15.4. The van der Waals surface area contributed by atoms with E-state index in [0.29, 0.717) is 9.99 Å². The lowest BCUT2D eigenvalue weighted by Crippen LogP contribution is -2.03. The van der Waals surface area contributed by atoms with Crippen LogP contribution in [0, 0.1) is 5.82 Å². The molecule has 0 aliphatic heterocycles. The van der Waals surface area contributed by atoms with E-state index in [9.17, 15) is 4.39 Å². The highest BCUT2D eigenvalue weighted by molar-refractivity contribution is 9.10. The molecule has 2 nitrogen and oxygen atoms in total. The lowest BCUT2D eigenvalue weighted by Gasteiger charge is -2.12. The molecule has 1 heterocycles. The minimum atomic E-state index is -0.289. The van der Waals surface area contributed by atoms with Gasteiger partial charge in [-0.1, -0.05) is 6.42 Å². The van der Waals surface area contributed by atoms with Crippen LogP contribution in [0.5, 0.6) is 0 Å². The van der Waals surface area contributed by atoms with E-state index < -0.39 is 0 Å². The van der Waals surface area contributed by atoms with E-state index in [1.54, 1.807) is 6.07 Å². The lowest BCUT2D eigenvalue weighted by molar-refractivity contribution is 0.622. The third-order valence-electron chi connectivity index (χ3n) is 3.60. The number of halogens is 2. The van der Waals surface area contributed by atoms with Gasteiger partial charge < -0.3 is 5.73 Å². The predicted octanol–water partition coefficient (Wildman–Crippen LogP) is 3.99. The topological polar surface area (TPSA) is 38.9 Å². The Morgan fingerprint density at radius 1 is 1.17 bits per heavy atom. The second kappa shape index (κ2) is 4.50. The van der Waals surface area contributed by atoms with Crippen LogP contribution in [-0.2, 0) is 12.8 Å². The third kappa shape index (κ3) is 1.88. The zero-order chi connectivity index (χ0) is 12.7. The van der Waals surface area contributed by atoms with Gasteiger partial charge in [0.25, 0.3) is 0 Å². The summed E-state index contributed by atoms with van der Waals surface area (Å²) < 4.78 is 14.0. The van der Waals surface area contributed by atoms with Crippen LogP contribution in [0.2, 0.25) is 0 Å². The van der Waals surface area contributed by atoms with Gasteiger partial charge in [-0.2, -0.15) is 0 Å². The summed E-state index contributed by atoms with van der Waals surface area (Å²) in [7, 11) is 0. The molecule has 0 saturated carbocycles. The quantitative estimate of drug-likeness (QED) is 0.747. The van der Waals surface area contributed by atoms with Crippen molar-refractivity contribution >= 4 is 32.5 Å². The van der Waals surface area contributed by atoms with Gasteiger partial charge in [0.15, 0.2) is 0 Å². The minimum absolute atomic E-state index is 0.289. The van der Waals surface area contributed by atoms with Crippen molar-refractivity contribution in [1.82, 2.24) is 4.98 Å². The number of aryl methyl sites for hydroxylation is 1. The van der Waals surface area contributed by atoms with E-state index in [4.69, 9.17) is 5.73 Å². The molecule has 3 rings (SSSR count). The Morgan fingerprint density at radius 3 is 2.78 bits per heavy atom. The highest BCUT2D eigenvalue weighted by atomic mass is 79.9. The first-order chi connectivity index (χ1) is 8.66. The van der Waals surface area contributed by atoms with E-state index in [2.05, 4.69) is 20.9 Å². The van der Waals surface area contributed by atoms with Gasteiger partial charge in [0.2, 0.25) is 0 Å². The summed E-state index contributed by atoms with van der Waals surface area (Å²) >= 11 is 3.20. The number of nitrogens with two attached hydrogens (primary N) is 1. The number of anilines is 1. The maximum atomic E-state index is 13.6. The Bertz CT molecular complexity index is 625. The monoisotopic (exact) mass is 308 g/mol. The van der Waals surface area contributed by atoms with Gasteiger partial charge in [0.05, 0.1) is 9.99 Å². The van der Waals surface area contributed by atoms with Gasteiger partial charge >= 0.3 is 0 Å². The highest BCUT2D eigenvalue weighted by Crippen LogP contribution is 2.32. The Hall–Kier alpha value is -1.16. The maximum Gasteiger partial charge on any atom is 0.139 e. The summed E-state index contributed by atoms with van der Waals surface area (Å²) in [5, 5.41) is 0.851. The van der Waals surface area contributed by atoms with E-state index in [-0.39, 0.29) is 5.82 Å². The number of hydrogen-bond donors (Lipinski definition) is 1. The number of nitrogen functional groups attached to an aromatic ring is 1. The number of aromatic nitrogens is 1. The van der Waals surface area contributed by atoms with Crippen molar-refractivity contribution in [2.24, 2.45) is 0 Å². The number of nitrogens with zero attached hydrogens (tertiary/aromatic N) is 1. The summed E-state index contributed by atoms with van der Waals surface area (Å²) in [5.74, 6) is -0.289. The standard InChI is InChI=1S/C14H14BrFN2/c15-10-6-9-13(7-11(10)16)18-12-5-3-1-2-4-8(12)14(9)17/h6-7H,1-5H2,(H2,17,18). The number of hydrogen-bond acceptors (Lipinski definition) is 2. The molecule has 4 heteroatoms. The van der Waals surface area contributed by atoms with E-state index in [1.807, 2.05) is 0 Å². The fraction of sp³-hybridized carbons (Fsp3) is 0.357. The number of fused-ring (bicyclic) bond motifs is 2. The second-order valence-corrected chi connectivity index (χ2v) is 5.65. The Morgan fingerprint density at radius 2 is 1.94 bits per heavy atom. The number of pyridine rings is 1. The highest BCUT2D eigenvalue weighted by Gasteiger charge is 2.16. The van der Waals surface area contributed by atoms with Crippen molar-refractivity contribution < 1.29 is 4.39 Å². The first kappa shape index (κ1) is 11.9. The zero-order valence-electron chi connectivity index (χ0n) is 9.97. The smallest absolute Gasteiger partial charge is 0.139 e. The summed E-state index contributed by atoms with van der Waals surface area (Å²) in [6, 6.07) is 3.19. The summed E-state index contributed by atoms with van der Waals surface area (Å²) in [5.41, 5.74) is 9.90. The van der Waals surface area contributed by atoms with E-state index in [1.165, 1.54) is 18.1 Å². The third-order valence-corrected chi connectivity index (χ3v) is 4.21. The van der Waals surface area contributed by atoms with E-state index in [0.717, 1.165) is 42.5 Å². The van der Waals surface area contributed by atoms with Crippen molar-refractivity contribution in [2.45, 2.75) is 32.1 Å². The molecule has 94 valence electrons. The average molecular weight is 309 g/mol. The number of benzene rings is 1. The summed E-state index contributed by atoms with van der Waals surface area (Å²) in [6.07, 6.45) is 5.45. The molecule has 2 N–H and O–H groups in total. The van der Waals surface area contributed by atoms with Crippen molar-refractivity contribution in [1.29, 1.82) is 0 Å². The molecule has 1 aliphatic rings. The molecule has 0 atom stereocenters. The van der Waals surface area contributed by atoms with Crippen LogP contribution in [0.25, 0.3) is 10.9 Å². The first-order valence-electron chi connectivity index (χ1n) is 6.23. The van der Waals surface area contributed by atoms with Gasteiger partial charge in [0.1, 0.15) is 5.82 Å². The average Bonchev–Trinajstić information content (AvgIpc) is 2.58. The molecule has 1 aromatic heterocycles. The SMILES string of the molecule is Nc1c2c(nc3cc(F)c(Br)cc13)CCCCC2. The Balaban J connectivity index is 2.31. The molecule has 2 aromatic rings. The van der Waals surface area contributed by atoms with Crippen molar-refractivity contribution in [2.75, 3.05) is 5.73 Å². The molecule has 0 amide bonds. The van der Waals surface area contributed by atoms with Gasteiger partial charge in [0, 0.05) is 22.8 Å². The molecule has 1 aromatic carbocycles. The molecule has 18 heavy (non-hydrogen) atoms. The van der Waals surface area contributed by atoms with Crippen LogP contribution < -0.4 is 5.73 Å². The molecule has 0 unspecified atom stereocenters. The number of rotatable bonds is 0. The van der Waals surface area contributed by atoms with Gasteiger partial charge in [-0.15, -0.1) is 0 Å². The molecular formula is C14H14BrFN2. The van der Waals surface area contributed by atoms with Crippen molar-refractivity contribution in [3.8, 4) is 0 Å². The van der Waals surface area contributed by atoms with Gasteiger partial charge in [-0.3, -0.25) is 4.98 Å². The fourth-order valence-electron chi connectivity index (χ4n) is 2.63. The van der Waals surface area contributed by atoms with Crippen LogP contribution >= 0.6 is 15.9 Å². The fourth-order valence-corrected chi connectivity index (χ4v) is 2.98. The van der Waals surface area contributed by atoms with Gasteiger partial charge in [-0.25, -0.2) is 4.39 Å². The predicted molar refractivity (Wildman–Crippen MR) is 75.1 cm³/mol. The Kier molecular flexibility index (Phi) is 2.98. The van der Waals surface area contributed by atoms with E-state index >= 15 is 0 Å². The molecule has 1 aliphatic carbocycles. The van der Waals surface area contributed by atoms with Crippen LogP contribution in [0.15, 0.2) is 16.6 Å². The largest absolute Gasteiger partial charge is 0.398 e. The van der Waals surface area contributed by atoms with Gasteiger partial charge in [-0.05, 0) is 53.2 Å². The Labute approximate surface area is 114 Å². The van der Waals surface area contributed by atoms with Crippen LogP contribution in [-0.4, -0.2) is 4.98 Å². The molecule has 0 bridgehead atoms. The summed E-state index contributed by atoms with van der Waals surface area (Å²) in [6.45, 7) is 0. The van der Waals surface area contributed by atoms with Crippen LogP contribution in [0.1, 0.15) is 30.5 Å². The first-order valence-corrected chi connectivity index (χ1v) is 7.02. The molecule has 0 saturated heterocycles. The molecule has 0 fully saturated rings. The molecule has 0 spiro atoms. The molecule has 0 radical (unpaired) electrons. The zero-order valence-corrected chi connectivity index (χ0v) is 11.6. The van der Waals surface area contributed by atoms with Crippen LogP contribution in [0.3, 0.4) is 0 Å². The maximum absolute atomic E-state index is 13.6. The lowest BCUT2D eigenvalue weighted by atomic mass is 10.0. The van der Waals surface area contributed by atoms with Crippen LogP contribution in [0.4, 0.5) is 10.1 Å². The minimum Gasteiger partial charge on any atom is -0.398 e. The second-order valence-electron chi connectivity index (χ2n) is 4.79. The molecular weight excluding hydrogens is 295 g/mol. The van der Waals surface area contributed by atoms with Crippen molar-refractivity contribution in [3.63, 3.8) is 0 Å².